The Kier molecular flexibility index (Phi) is 4.63. The first-order chi connectivity index (χ1) is 9.24. The minimum atomic E-state index is -0.0906. The van der Waals surface area contributed by atoms with Crippen molar-refractivity contribution in [2.45, 2.75) is 25.3 Å². The summed E-state index contributed by atoms with van der Waals surface area (Å²) in [6, 6.07) is 5.98. The van der Waals surface area contributed by atoms with Crippen LogP contribution in [0.15, 0.2) is 18.2 Å². The quantitative estimate of drug-likeness (QED) is 0.766. The predicted octanol–water partition coefficient (Wildman–Crippen LogP) is 0.854. The molecule has 1 amide bonds. The first-order valence-electron chi connectivity index (χ1n) is 6.52. The maximum atomic E-state index is 11.6. The maximum Gasteiger partial charge on any atom is 0.258 e. The van der Waals surface area contributed by atoms with E-state index in [1.165, 1.54) is 0 Å². The SMILES string of the molecule is COc1cccc(CCN)c1OCC(=O)NC1CC1. The van der Waals surface area contributed by atoms with E-state index in [1.807, 2.05) is 18.2 Å². The minimum Gasteiger partial charge on any atom is -0.493 e. The number of nitrogens with two attached hydrogens (primary N) is 1. The highest BCUT2D eigenvalue weighted by Gasteiger charge is 2.23. The van der Waals surface area contributed by atoms with Gasteiger partial charge in [0.15, 0.2) is 18.1 Å². The maximum absolute atomic E-state index is 11.6. The van der Waals surface area contributed by atoms with Gasteiger partial charge in [-0.1, -0.05) is 12.1 Å². The van der Waals surface area contributed by atoms with Gasteiger partial charge in [0.2, 0.25) is 0 Å². The molecule has 5 nitrogen and oxygen atoms in total. The number of amides is 1. The summed E-state index contributed by atoms with van der Waals surface area (Å²) in [5.41, 5.74) is 6.53. The Morgan fingerprint density at radius 1 is 1.47 bits per heavy atom. The van der Waals surface area contributed by atoms with Gasteiger partial charge in [-0.05, 0) is 37.4 Å². The average molecular weight is 264 g/mol. The molecule has 0 heterocycles. The molecule has 0 spiro atoms. The number of rotatable bonds is 7. The molecule has 1 aliphatic carbocycles. The summed E-state index contributed by atoms with van der Waals surface area (Å²) in [6.45, 7) is 0.534. The Morgan fingerprint density at radius 2 is 2.26 bits per heavy atom. The fraction of sp³-hybridized carbons (Fsp3) is 0.500. The number of carbonyl (C=O) groups is 1. The van der Waals surface area contributed by atoms with Crippen LogP contribution in [0.5, 0.6) is 11.5 Å². The number of ether oxygens (including phenoxy) is 2. The molecule has 0 saturated heterocycles. The number of nitrogens with one attached hydrogen (secondary N) is 1. The molecule has 19 heavy (non-hydrogen) atoms. The van der Waals surface area contributed by atoms with Gasteiger partial charge in [-0.15, -0.1) is 0 Å². The summed E-state index contributed by atoms with van der Waals surface area (Å²) in [4.78, 5) is 11.6. The van der Waals surface area contributed by atoms with Crippen LogP contribution in [-0.4, -0.2) is 32.2 Å². The van der Waals surface area contributed by atoms with Crippen LogP contribution in [0.4, 0.5) is 0 Å². The lowest BCUT2D eigenvalue weighted by atomic mass is 10.1. The van der Waals surface area contributed by atoms with E-state index in [4.69, 9.17) is 15.2 Å². The molecule has 0 unspecified atom stereocenters. The smallest absolute Gasteiger partial charge is 0.258 e. The number of methoxy groups -OCH3 is 1. The van der Waals surface area contributed by atoms with E-state index in [9.17, 15) is 4.79 Å². The van der Waals surface area contributed by atoms with E-state index in [2.05, 4.69) is 5.32 Å². The lowest BCUT2D eigenvalue weighted by molar-refractivity contribution is -0.123. The largest absolute Gasteiger partial charge is 0.493 e. The first-order valence-corrected chi connectivity index (χ1v) is 6.52. The molecule has 0 atom stereocenters. The predicted molar refractivity (Wildman–Crippen MR) is 72.4 cm³/mol. The highest BCUT2D eigenvalue weighted by atomic mass is 16.5. The lowest BCUT2D eigenvalue weighted by Crippen LogP contribution is -2.30. The van der Waals surface area contributed by atoms with Gasteiger partial charge in [-0.3, -0.25) is 4.79 Å². The van der Waals surface area contributed by atoms with Crippen LogP contribution in [0.25, 0.3) is 0 Å². The van der Waals surface area contributed by atoms with Crippen LogP contribution in [0, 0.1) is 0 Å². The van der Waals surface area contributed by atoms with Gasteiger partial charge in [0.25, 0.3) is 5.91 Å². The zero-order valence-corrected chi connectivity index (χ0v) is 11.1. The van der Waals surface area contributed by atoms with Crippen molar-refractivity contribution in [2.75, 3.05) is 20.3 Å². The molecule has 2 rings (SSSR count). The van der Waals surface area contributed by atoms with Crippen molar-refractivity contribution in [3.8, 4) is 11.5 Å². The second kappa shape index (κ2) is 6.43. The van der Waals surface area contributed by atoms with Crippen LogP contribution < -0.4 is 20.5 Å². The Labute approximate surface area is 113 Å². The molecule has 1 aromatic carbocycles. The normalized spacial score (nSPS) is 14.0. The number of hydrogen-bond acceptors (Lipinski definition) is 4. The minimum absolute atomic E-state index is 0.00838. The zero-order chi connectivity index (χ0) is 13.7. The molecule has 1 fully saturated rings. The van der Waals surface area contributed by atoms with Gasteiger partial charge < -0.3 is 20.5 Å². The van der Waals surface area contributed by atoms with Crippen molar-refractivity contribution in [2.24, 2.45) is 5.73 Å². The zero-order valence-electron chi connectivity index (χ0n) is 11.1. The van der Waals surface area contributed by atoms with Gasteiger partial charge in [0.05, 0.1) is 7.11 Å². The molecule has 0 radical (unpaired) electrons. The third-order valence-corrected chi connectivity index (χ3v) is 2.98. The van der Waals surface area contributed by atoms with E-state index in [1.54, 1.807) is 7.11 Å². The second-order valence-electron chi connectivity index (χ2n) is 4.62. The summed E-state index contributed by atoms with van der Waals surface area (Å²) in [6.07, 6.45) is 2.83. The van der Waals surface area contributed by atoms with Crippen LogP contribution in [0.1, 0.15) is 18.4 Å². The third-order valence-electron chi connectivity index (χ3n) is 2.98. The topological polar surface area (TPSA) is 73.6 Å². The molecular weight excluding hydrogens is 244 g/mol. The Morgan fingerprint density at radius 3 is 2.89 bits per heavy atom. The number of carbonyl (C=O) groups excluding carboxylic acids is 1. The van der Waals surface area contributed by atoms with E-state index >= 15 is 0 Å². The molecule has 0 bridgehead atoms. The molecule has 1 aliphatic rings. The van der Waals surface area contributed by atoms with Crippen molar-refractivity contribution in [1.29, 1.82) is 0 Å². The van der Waals surface area contributed by atoms with E-state index in [0.29, 0.717) is 30.5 Å². The van der Waals surface area contributed by atoms with E-state index in [-0.39, 0.29) is 12.5 Å². The average Bonchev–Trinajstić information content (AvgIpc) is 3.21. The Bertz CT molecular complexity index is 444. The highest BCUT2D eigenvalue weighted by Crippen LogP contribution is 2.31. The van der Waals surface area contributed by atoms with Crippen molar-refractivity contribution >= 4 is 5.91 Å². The summed E-state index contributed by atoms with van der Waals surface area (Å²) < 4.78 is 10.9. The molecule has 5 heteroatoms. The number of benzene rings is 1. The van der Waals surface area contributed by atoms with Gasteiger partial charge in [-0.2, -0.15) is 0 Å². The standard InChI is InChI=1S/C14H20N2O3/c1-18-12-4-2-3-10(7-8-15)14(12)19-9-13(17)16-11-5-6-11/h2-4,11H,5-9,15H2,1H3,(H,16,17). The first kappa shape index (κ1) is 13.7. The summed E-state index contributed by atoms with van der Waals surface area (Å²) in [7, 11) is 1.58. The van der Waals surface area contributed by atoms with Crippen LogP contribution in [0.2, 0.25) is 0 Å². The molecule has 3 N–H and O–H groups in total. The highest BCUT2D eigenvalue weighted by molar-refractivity contribution is 5.78. The summed E-state index contributed by atoms with van der Waals surface area (Å²) >= 11 is 0. The van der Waals surface area contributed by atoms with Gasteiger partial charge in [0, 0.05) is 6.04 Å². The third kappa shape index (κ3) is 3.86. The number of para-hydroxylation sites is 1. The number of hydrogen-bond donors (Lipinski definition) is 2. The fourth-order valence-electron chi connectivity index (χ4n) is 1.87. The second-order valence-corrected chi connectivity index (χ2v) is 4.62. The van der Waals surface area contributed by atoms with Crippen molar-refractivity contribution < 1.29 is 14.3 Å². The fourth-order valence-corrected chi connectivity index (χ4v) is 1.87. The molecular formula is C14H20N2O3. The van der Waals surface area contributed by atoms with Gasteiger partial charge in [-0.25, -0.2) is 0 Å². The Balaban J connectivity index is 2.01. The van der Waals surface area contributed by atoms with Crippen LogP contribution in [-0.2, 0) is 11.2 Å². The Hall–Kier alpha value is -1.75. The van der Waals surface area contributed by atoms with E-state index in [0.717, 1.165) is 18.4 Å². The molecule has 1 saturated carbocycles. The summed E-state index contributed by atoms with van der Waals surface area (Å²) in [5.74, 6) is 1.15. The van der Waals surface area contributed by atoms with Crippen LogP contribution in [0.3, 0.4) is 0 Å². The molecule has 0 aliphatic heterocycles. The lowest BCUT2D eigenvalue weighted by Gasteiger charge is -2.14. The summed E-state index contributed by atoms with van der Waals surface area (Å²) in [5, 5.41) is 2.88. The van der Waals surface area contributed by atoms with E-state index < -0.39 is 0 Å². The molecule has 104 valence electrons. The van der Waals surface area contributed by atoms with Crippen molar-refractivity contribution in [3.05, 3.63) is 23.8 Å². The molecule has 0 aromatic heterocycles. The van der Waals surface area contributed by atoms with Gasteiger partial charge >= 0.3 is 0 Å². The van der Waals surface area contributed by atoms with Crippen molar-refractivity contribution in [3.63, 3.8) is 0 Å². The molecule has 1 aromatic rings. The monoisotopic (exact) mass is 264 g/mol. The van der Waals surface area contributed by atoms with Gasteiger partial charge in [0.1, 0.15) is 0 Å². The van der Waals surface area contributed by atoms with Crippen molar-refractivity contribution in [1.82, 2.24) is 5.32 Å². The van der Waals surface area contributed by atoms with Crippen LogP contribution >= 0.6 is 0 Å².